The van der Waals surface area contributed by atoms with Crippen molar-refractivity contribution in [2.24, 2.45) is 5.41 Å². The predicted octanol–water partition coefficient (Wildman–Crippen LogP) is 1.82. The highest BCUT2D eigenvalue weighted by Gasteiger charge is 2.38. The number of aryl methyl sites for hydroxylation is 2. The number of piperidine rings is 2. The van der Waals surface area contributed by atoms with Crippen molar-refractivity contribution >= 4 is 5.91 Å². The Morgan fingerprint density at radius 2 is 2.24 bits per heavy atom. The van der Waals surface area contributed by atoms with E-state index in [0.29, 0.717) is 5.41 Å². The second-order valence-corrected chi connectivity index (χ2v) is 6.60. The quantitative estimate of drug-likeness (QED) is 0.904. The summed E-state index contributed by atoms with van der Waals surface area (Å²) in [5.41, 5.74) is 1.97. The number of likely N-dealkylation sites (tertiary alicyclic amines) is 1. The van der Waals surface area contributed by atoms with Crippen LogP contribution in [0.2, 0.25) is 0 Å². The molecule has 0 aromatic carbocycles. The number of nitrogens with one attached hydrogen (secondary N) is 1. The molecule has 5 nitrogen and oxygen atoms in total. The molecule has 1 atom stereocenters. The molecule has 1 amide bonds. The number of rotatable bonds is 2. The minimum absolute atomic E-state index is 0.155. The van der Waals surface area contributed by atoms with Crippen LogP contribution >= 0.6 is 0 Å². The third-order valence-electron chi connectivity index (χ3n) is 4.93. The highest BCUT2D eigenvalue weighted by molar-refractivity contribution is 5.92. The smallest absolute Gasteiger partial charge is 0.272 e. The highest BCUT2D eigenvalue weighted by atomic mass is 16.2. The monoisotopic (exact) mass is 290 g/mol. The number of aromatic nitrogens is 2. The molecular weight excluding hydrogens is 264 g/mol. The minimum Gasteiger partial charge on any atom is -0.337 e. The maximum Gasteiger partial charge on any atom is 0.272 e. The fourth-order valence-electron chi connectivity index (χ4n) is 3.88. The fraction of sp³-hybridized carbons (Fsp3) is 0.750. The Morgan fingerprint density at radius 3 is 2.95 bits per heavy atom. The normalized spacial score (nSPS) is 26.3. The number of carbonyl (C=O) groups excluding carboxylic acids is 1. The van der Waals surface area contributed by atoms with Gasteiger partial charge in [0, 0.05) is 31.6 Å². The molecule has 2 aliphatic rings. The first-order valence-corrected chi connectivity index (χ1v) is 8.18. The molecule has 116 valence electrons. The summed E-state index contributed by atoms with van der Waals surface area (Å²) in [5, 5.41) is 7.92. The van der Waals surface area contributed by atoms with E-state index in [2.05, 4.69) is 15.3 Å². The maximum absolute atomic E-state index is 12.9. The number of amides is 1. The third-order valence-corrected chi connectivity index (χ3v) is 4.93. The molecule has 5 heteroatoms. The van der Waals surface area contributed by atoms with E-state index in [-0.39, 0.29) is 5.91 Å². The first-order chi connectivity index (χ1) is 10.1. The van der Waals surface area contributed by atoms with Gasteiger partial charge in [-0.05, 0) is 52.1 Å². The molecule has 1 aromatic rings. The molecule has 0 saturated carbocycles. The van der Waals surface area contributed by atoms with Gasteiger partial charge in [0.2, 0.25) is 0 Å². The summed E-state index contributed by atoms with van der Waals surface area (Å²) in [7, 11) is 0. The summed E-state index contributed by atoms with van der Waals surface area (Å²) < 4.78 is 1.83. The number of carbonyl (C=O) groups is 1. The van der Waals surface area contributed by atoms with Crippen molar-refractivity contribution in [3.05, 3.63) is 17.5 Å². The van der Waals surface area contributed by atoms with Gasteiger partial charge in [-0.15, -0.1) is 0 Å². The van der Waals surface area contributed by atoms with Crippen LogP contribution in [-0.4, -0.2) is 46.8 Å². The number of nitrogens with zero attached hydrogens (tertiary/aromatic N) is 3. The van der Waals surface area contributed by atoms with Gasteiger partial charge in [0.05, 0.1) is 5.69 Å². The van der Waals surface area contributed by atoms with Crippen molar-refractivity contribution in [2.75, 3.05) is 26.2 Å². The van der Waals surface area contributed by atoms with E-state index in [1.54, 1.807) is 0 Å². The van der Waals surface area contributed by atoms with E-state index >= 15 is 0 Å². The van der Waals surface area contributed by atoms with Crippen LogP contribution in [0.3, 0.4) is 0 Å². The van der Waals surface area contributed by atoms with Crippen molar-refractivity contribution < 1.29 is 4.79 Å². The molecule has 1 aromatic heterocycles. The average Bonchev–Trinajstić information content (AvgIpc) is 2.88. The summed E-state index contributed by atoms with van der Waals surface area (Å²) in [6, 6.07) is 1.92. The lowest BCUT2D eigenvalue weighted by atomic mass is 9.74. The number of hydrogen-bond acceptors (Lipinski definition) is 3. The SMILES string of the molecule is CCn1nc(C)cc1C(=O)N1CCCC2(CCCNC2)C1. The summed E-state index contributed by atoms with van der Waals surface area (Å²) in [5.74, 6) is 0.155. The zero-order valence-electron chi connectivity index (χ0n) is 13.2. The first-order valence-electron chi connectivity index (χ1n) is 8.18. The molecule has 3 heterocycles. The van der Waals surface area contributed by atoms with Crippen LogP contribution in [0.4, 0.5) is 0 Å². The first kappa shape index (κ1) is 14.6. The Morgan fingerprint density at radius 1 is 1.43 bits per heavy atom. The van der Waals surface area contributed by atoms with Gasteiger partial charge in [-0.2, -0.15) is 5.10 Å². The Hall–Kier alpha value is -1.36. The second kappa shape index (κ2) is 5.79. The van der Waals surface area contributed by atoms with Crippen molar-refractivity contribution in [1.82, 2.24) is 20.0 Å². The summed E-state index contributed by atoms with van der Waals surface area (Å²) >= 11 is 0. The van der Waals surface area contributed by atoms with E-state index in [4.69, 9.17) is 0 Å². The lowest BCUT2D eigenvalue weighted by molar-refractivity contribution is 0.0424. The van der Waals surface area contributed by atoms with Gasteiger partial charge in [0.25, 0.3) is 5.91 Å². The van der Waals surface area contributed by atoms with Gasteiger partial charge < -0.3 is 10.2 Å². The topological polar surface area (TPSA) is 50.2 Å². The molecule has 0 aliphatic carbocycles. The average molecular weight is 290 g/mol. The zero-order chi connectivity index (χ0) is 14.9. The molecule has 1 spiro atoms. The largest absolute Gasteiger partial charge is 0.337 e. The number of hydrogen-bond donors (Lipinski definition) is 1. The van der Waals surface area contributed by atoms with E-state index < -0.39 is 0 Å². The maximum atomic E-state index is 12.9. The van der Waals surface area contributed by atoms with Crippen LogP contribution in [0.25, 0.3) is 0 Å². The van der Waals surface area contributed by atoms with Gasteiger partial charge >= 0.3 is 0 Å². The predicted molar refractivity (Wildman–Crippen MR) is 82.3 cm³/mol. The molecule has 1 N–H and O–H groups in total. The molecule has 0 bridgehead atoms. The lowest BCUT2D eigenvalue weighted by Gasteiger charge is -2.45. The van der Waals surface area contributed by atoms with Crippen molar-refractivity contribution in [1.29, 1.82) is 0 Å². The van der Waals surface area contributed by atoms with Crippen LogP contribution in [-0.2, 0) is 6.54 Å². The van der Waals surface area contributed by atoms with Gasteiger partial charge in [-0.25, -0.2) is 0 Å². The zero-order valence-corrected chi connectivity index (χ0v) is 13.2. The van der Waals surface area contributed by atoms with E-state index in [9.17, 15) is 4.79 Å². The Balaban J connectivity index is 1.77. The van der Waals surface area contributed by atoms with Gasteiger partial charge in [0.15, 0.2) is 0 Å². The fourth-order valence-corrected chi connectivity index (χ4v) is 3.88. The van der Waals surface area contributed by atoms with Crippen molar-refractivity contribution in [3.63, 3.8) is 0 Å². The molecule has 21 heavy (non-hydrogen) atoms. The Kier molecular flexibility index (Phi) is 4.02. The van der Waals surface area contributed by atoms with Crippen LogP contribution in [0, 0.1) is 12.3 Å². The lowest BCUT2D eigenvalue weighted by Crippen LogP contribution is -2.52. The van der Waals surface area contributed by atoms with Gasteiger partial charge in [0.1, 0.15) is 5.69 Å². The molecule has 2 aliphatic heterocycles. The molecule has 1 unspecified atom stereocenters. The highest BCUT2D eigenvalue weighted by Crippen LogP contribution is 2.36. The Bertz CT molecular complexity index is 511. The van der Waals surface area contributed by atoms with Crippen LogP contribution in [0.1, 0.15) is 48.8 Å². The molecule has 0 radical (unpaired) electrons. The molecule has 2 saturated heterocycles. The van der Waals surface area contributed by atoms with Gasteiger partial charge in [-0.3, -0.25) is 9.48 Å². The van der Waals surface area contributed by atoms with Crippen molar-refractivity contribution in [3.8, 4) is 0 Å². The van der Waals surface area contributed by atoms with Crippen LogP contribution in [0.15, 0.2) is 6.07 Å². The van der Waals surface area contributed by atoms with E-state index in [1.807, 2.05) is 24.6 Å². The summed E-state index contributed by atoms with van der Waals surface area (Å²) in [6.45, 7) is 8.69. The van der Waals surface area contributed by atoms with Crippen LogP contribution in [0.5, 0.6) is 0 Å². The van der Waals surface area contributed by atoms with Crippen molar-refractivity contribution in [2.45, 2.75) is 46.1 Å². The standard InChI is InChI=1S/C16H26N4O/c1-3-20-14(10-13(2)18-20)15(21)19-9-5-7-16(12-19)6-4-8-17-11-16/h10,17H,3-9,11-12H2,1-2H3. The third kappa shape index (κ3) is 2.84. The van der Waals surface area contributed by atoms with Gasteiger partial charge in [-0.1, -0.05) is 0 Å². The molecule has 3 rings (SSSR count). The molecule has 2 fully saturated rings. The molecular formula is C16H26N4O. The Labute approximate surface area is 126 Å². The van der Waals surface area contributed by atoms with E-state index in [1.165, 1.54) is 19.3 Å². The van der Waals surface area contributed by atoms with Crippen LogP contribution < -0.4 is 5.32 Å². The minimum atomic E-state index is 0.155. The van der Waals surface area contributed by atoms with E-state index in [0.717, 1.165) is 50.5 Å². The summed E-state index contributed by atoms with van der Waals surface area (Å²) in [4.78, 5) is 14.9. The summed E-state index contributed by atoms with van der Waals surface area (Å²) in [6.07, 6.45) is 4.84. The second-order valence-electron chi connectivity index (χ2n) is 6.60.